The fraction of sp³-hybridized carbons (Fsp3) is 0.409. The van der Waals surface area contributed by atoms with E-state index in [1.54, 1.807) is 18.3 Å². The van der Waals surface area contributed by atoms with E-state index < -0.39 is 8.38 Å². The number of hydrogen-bond acceptors (Lipinski definition) is 9. The number of aromatic nitrogens is 3. The fourth-order valence-corrected chi connectivity index (χ4v) is 4.78. The van der Waals surface area contributed by atoms with E-state index in [0.29, 0.717) is 53.2 Å². The Morgan fingerprint density at radius 2 is 1.91 bits per heavy atom. The number of pyridine rings is 1. The molecule has 0 spiro atoms. The summed E-state index contributed by atoms with van der Waals surface area (Å²) in [6.07, 6.45) is 4.53. The molecule has 1 aromatic carbocycles. The van der Waals surface area contributed by atoms with Crippen molar-refractivity contribution in [3.05, 3.63) is 46.4 Å². The average molecular weight is 474 g/mol. The molecule has 4 N–H and O–H groups in total. The van der Waals surface area contributed by atoms with E-state index in [1.165, 1.54) is 23.9 Å². The van der Waals surface area contributed by atoms with E-state index in [4.69, 9.17) is 4.74 Å². The predicted molar refractivity (Wildman–Crippen MR) is 125 cm³/mol. The van der Waals surface area contributed by atoms with Crippen molar-refractivity contribution in [2.24, 2.45) is 5.92 Å². The third-order valence-electron chi connectivity index (χ3n) is 6.02. The zero-order valence-electron chi connectivity index (χ0n) is 18.3. The molecule has 11 heteroatoms. The van der Waals surface area contributed by atoms with Crippen LogP contribution in [-0.4, -0.2) is 61.1 Å². The first-order chi connectivity index (χ1) is 15.9. The fourth-order valence-electron chi connectivity index (χ4n) is 4.18. The highest BCUT2D eigenvalue weighted by Gasteiger charge is 2.24. The van der Waals surface area contributed by atoms with Crippen LogP contribution in [0.25, 0.3) is 10.8 Å². The van der Waals surface area contributed by atoms with Crippen LogP contribution in [0, 0.1) is 5.92 Å². The lowest BCUT2D eigenvalue weighted by atomic mass is 9.94. The van der Waals surface area contributed by atoms with Crippen LogP contribution in [0.2, 0.25) is 0 Å². The third kappa shape index (κ3) is 5.19. The molecule has 0 aliphatic carbocycles. The van der Waals surface area contributed by atoms with Crippen LogP contribution in [0.3, 0.4) is 0 Å². The largest absolute Gasteiger partial charge is 0.504 e. The molecule has 1 aliphatic rings. The van der Waals surface area contributed by atoms with Gasteiger partial charge in [-0.3, -0.25) is 4.79 Å². The number of fused-ring (bicyclic) bond motifs is 1. The number of piperidine rings is 1. The molecule has 10 nitrogen and oxygen atoms in total. The summed E-state index contributed by atoms with van der Waals surface area (Å²) < 4.78 is 6.66. The maximum absolute atomic E-state index is 13.4. The molecule has 0 radical (unpaired) electrons. The Labute approximate surface area is 191 Å². The second-order valence-corrected chi connectivity index (χ2v) is 9.39. The molecule has 2 aromatic heterocycles. The van der Waals surface area contributed by atoms with Crippen LogP contribution in [-0.2, 0) is 6.54 Å². The molecule has 0 unspecified atom stereocenters. The van der Waals surface area contributed by atoms with Crippen molar-refractivity contribution in [2.45, 2.75) is 25.8 Å². The maximum Gasteiger partial charge on any atom is 0.278 e. The predicted octanol–water partition coefficient (Wildman–Crippen LogP) is 2.16. The molecule has 0 bridgehead atoms. The number of nitrogens with zero attached hydrogens (tertiary/aromatic N) is 4. The molecule has 1 saturated heterocycles. The molecule has 3 heterocycles. The number of rotatable bonds is 7. The van der Waals surface area contributed by atoms with E-state index in [-0.39, 0.29) is 23.6 Å². The summed E-state index contributed by atoms with van der Waals surface area (Å²) in [5, 5.41) is 24.6. The lowest BCUT2D eigenvalue weighted by Gasteiger charge is -2.33. The van der Waals surface area contributed by atoms with Gasteiger partial charge in [-0.15, -0.1) is 0 Å². The number of ether oxygens (including phenoxy) is 1. The number of aromatic hydroxyl groups is 2. The molecule has 1 aliphatic heterocycles. The average Bonchev–Trinajstić information content (AvgIpc) is 2.81. The summed E-state index contributed by atoms with van der Waals surface area (Å²) in [4.78, 5) is 38.5. The van der Waals surface area contributed by atoms with Crippen LogP contribution in [0.15, 0.2) is 35.3 Å². The third-order valence-corrected chi connectivity index (χ3v) is 6.68. The van der Waals surface area contributed by atoms with Gasteiger partial charge in [-0.25, -0.2) is 4.68 Å². The van der Waals surface area contributed by atoms with Crippen LogP contribution in [0.5, 0.6) is 17.4 Å². The molecule has 4 rings (SSSR count). The number of benzene rings is 1. The van der Waals surface area contributed by atoms with Crippen molar-refractivity contribution in [2.75, 3.05) is 31.3 Å². The van der Waals surface area contributed by atoms with Crippen LogP contribution >= 0.6 is 8.38 Å². The van der Waals surface area contributed by atoms with Gasteiger partial charge >= 0.3 is 0 Å². The molecule has 176 valence electrons. The lowest BCUT2D eigenvalue weighted by molar-refractivity contribution is 0.381. The molecular formula is C22H27N4O6P. The van der Waals surface area contributed by atoms with E-state index in [9.17, 15) is 24.8 Å². The van der Waals surface area contributed by atoms with Gasteiger partial charge in [0.25, 0.3) is 5.56 Å². The Hall–Kier alpha value is -2.94. The summed E-state index contributed by atoms with van der Waals surface area (Å²) in [7, 11) is -0.341. The Morgan fingerprint density at radius 1 is 1.15 bits per heavy atom. The smallest absolute Gasteiger partial charge is 0.278 e. The minimum atomic E-state index is -1.87. The van der Waals surface area contributed by atoms with Gasteiger partial charge in [-0.1, -0.05) is 6.07 Å². The minimum absolute atomic E-state index is 0.126. The van der Waals surface area contributed by atoms with E-state index in [2.05, 4.69) is 15.0 Å². The number of anilines is 1. The van der Waals surface area contributed by atoms with Crippen LogP contribution < -0.4 is 15.2 Å². The number of phenols is 2. The first-order valence-corrected chi connectivity index (χ1v) is 12.1. The molecule has 1 fully saturated rings. The Balaban J connectivity index is 1.66. The second kappa shape index (κ2) is 9.91. The van der Waals surface area contributed by atoms with Crippen LogP contribution in [0.1, 0.15) is 24.8 Å². The highest BCUT2D eigenvalue weighted by molar-refractivity contribution is 7.45. The number of hydrogen-bond donors (Lipinski definition) is 4. The quantitative estimate of drug-likeness (QED) is 0.299. The summed E-state index contributed by atoms with van der Waals surface area (Å²) in [5.41, 5.74) is 0.314. The highest BCUT2D eigenvalue weighted by atomic mass is 31.2. The van der Waals surface area contributed by atoms with Gasteiger partial charge in [0.15, 0.2) is 19.9 Å². The van der Waals surface area contributed by atoms with E-state index >= 15 is 0 Å². The molecule has 0 amide bonds. The van der Waals surface area contributed by atoms with Gasteiger partial charge in [0.1, 0.15) is 5.82 Å². The minimum Gasteiger partial charge on any atom is -0.504 e. The van der Waals surface area contributed by atoms with Gasteiger partial charge in [-0.2, -0.15) is 10.1 Å². The first kappa shape index (κ1) is 23.2. The zero-order chi connectivity index (χ0) is 23.5. The second-order valence-electron chi connectivity index (χ2n) is 8.20. The van der Waals surface area contributed by atoms with Crippen molar-refractivity contribution in [1.29, 1.82) is 0 Å². The molecule has 33 heavy (non-hydrogen) atoms. The van der Waals surface area contributed by atoms with Crippen molar-refractivity contribution in [1.82, 2.24) is 14.8 Å². The summed E-state index contributed by atoms with van der Waals surface area (Å²) >= 11 is 0. The summed E-state index contributed by atoms with van der Waals surface area (Å²) in [5.74, 6) is 0.862. The van der Waals surface area contributed by atoms with Gasteiger partial charge in [0, 0.05) is 30.7 Å². The standard InChI is InChI=1S/C22H27N4O6P/c1-32-19-11-16-12-23-26(13-15-2-3-17(27)18(28)10-15)22(29)20(16)21(24-19)25-7-4-14(5-8-25)6-9-33(30)31/h2-3,10-12,14,27-28,30-31H,4-9,13H2,1H3. The molecule has 0 atom stereocenters. The topological polar surface area (TPSA) is 141 Å². The first-order valence-electron chi connectivity index (χ1n) is 10.7. The molecular weight excluding hydrogens is 447 g/mol. The zero-order valence-corrected chi connectivity index (χ0v) is 19.1. The SMILES string of the molecule is COc1cc2cnn(Cc3ccc(O)c(O)c3)c(=O)c2c(N2CCC(CCP(O)O)CC2)n1. The normalized spacial score (nSPS) is 14.8. The maximum atomic E-state index is 13.4. The van der Waals surface area contributed by atoms with E-state index in [1.807, 2.05) is 0 Å². The van der Waals surface area contributed by atoms with Crippen molar-refractivity contribution in [3.8, 4) is 17.4 Å². The Morgan fingerprint density at radius 3 is 2.58 bits per heavy atom. The summed E-state index contributed by atoms with van der Waals surface area (Å²) in [6.45, 7) is 1.52. The molecule has 3 aromatic rings. The Bertz CT molecular complexity index is 1190. The van der Waals surface area contributed by atoms with Crippen molar-refractivity contribution in [3.63, 3.8) is 0 Å². The summed E-state index contributed by atoms with van der Waals surface area (Å²) in [6, 6.07) is 6.07. The van der Waals surface area contributed by atoms with Crippen molar-refractivity contribution < 1.29 is 24.7 Å². The van der Waals surface area contributed by atoms with E-state index in [0.717, 1.165) is 19.3 Å². The van der Waals surface area contributed by atoms with Gasteiger partial charge in [-0.05, 0) is 42.9 Å². The number of phenolic OH excluding ortho intramolecular Hbond substituents is 2. The highest BCUT2D eigenvalue weighted by Crippen LogP contribution is 2.33. The van der Waals surface area contributed by atoms with Gasteiger partial charge in [0.05, 0.1) is 25.2 Å². The Kier molecular flexibility index (Phi) is 6.97. The number of methoxy groups -OCH3 is 1. The lowest BCUT2D eigenvalue weighted by Crippen LogP contribution is -2.36. The van der Waals surface area contributed by atoms with Crippen molar-refractivity contribution >= 4 is 25.0 Å². The van der Waals surface area contributed by atoms with Gasteiger partial charge < -0.3 is 29.6 Å². The van der Waals surface area contributed by atoms with Gasteiger partial charge in [0.2, 0.25) is 5.88 Å². The van der Waals surface area contributed by atoms with Crippen LogP contribution in [0.4, 0.5) is 5.82 Å². The molecule has 0 saturated carbocycles. The monoisotopic (exact) mass is 474 g/mol.